The molecule has 2 heterocycles. The Morgan fingerprint density at radius 2 is 2.19 bits per heavy atom. The lowest BCUT2D eigenvalue weighted by Crippen LogP contribution is -2.36. The number of hydrogen-bond acceptors (Lipinski definition) is 2. The van der Waals surface area contributed by atoms with Gasteiger partial charge in [0, 0.05) is 29.3 Å². The van der Waals surface area contributed by atoms with Gasteiger partial charge in [0.1, 0.15) is 0 Å². The van der Waals surface area contributed by atoms with E-state index in [4.69, 9.17) is 0 Å². The second kappa shape index (κ2) is 7.10. The van der Waals surface area contributed by atoms with E-state index in [1.165, 1.54) is 18.4 Å². The van der Waals surface area contributed by atoms with Crippen LogP contribution in [0.5, 0.6) is 0 Å². The minimum atomic E-state index is 0.132. The van der Waals surface area contributed by atoms with E-state index in [1.807, 2.05) is 23.1 Å². The molecule has 0 saturated heterocycles. The Morgan fingerprint density at radius 3 is 2.96 bits per heavy atom. The molecule has 1 aliphatic carbocycles. The van der Waals surface area contributed by atoms with Gasteiger partial charge in [0.05, 0.1) is 11.7 Å². The van der Waals surface area contributed by atoms with Crippen molar-refractivity contribution in [3.63, 3.8) is 0 Å². The van der Waals surface area contributed by atoms with Crippen LogP contribution in [0.25, 0.3) is 11.1 Å². The normalized spacial score (nSPS) is 19.3. The molecule has 0 bridgehead atoms. The van der Waals surface area contributed by atoms with Gasteiger partial charge in [0.2, 0.25) is 0 Å². The summed E-state index contributed by atoms with van der Waals surface area (Å²) in [6.07, 6.45) is 10.1. The van der Waals surface area contributed by atoms with Gasteiger partial charge < -0.3 is 4.90 Å². The van der Waals surface area contributed by atoms with Crippen LogP contribution < -0.4 is 0 Å². The van der Waals surface area contributed by atoms with Gasteiger partial charge in [0.25, 0.3) is 5.91 Å². The molecule has 4 heteroatoms. The van der Waals surface area contributed by atoms with Crippen LogP contribution in [0.1, 0.15) is 66.7 Å². The molecule has 0 unspecified atom stereocenters. The molecule has 1 amide bonds. The topological polar surface area (TPSA) is 49.0 Å². The van der Waals surface area contributed by atoms with Crippen LogP contribution in [-0.4, -0.2) is 33.6 Å². The Kier molecular flexibility index (Phi) is 4.66. The highest BCUT2D eigenvalue weighted by Crippen LogP contribution is 2.44. The van der Waals surface area contributed by atoms with Gasteiger partial charge in [-0.2, -0.15) is 5.10 Å². The number of H-pyrrole nitrogens is 1. The summed E-state index contributed by atoms with van der Waals surface area (Å²) in [4.78, 5) is 15.1. The first-order chi connectivity index (χ1) is 12.7. The number of aryl methyl sites for hydroxylation is 1. The van der Waals surface area contributed by atoms with Crippen LogP contribution in [0.15, 0.2) is 36.4 Å². The highest BCUT2D eigenvalue weighted by molar-refractivity contribution is 5.96. The minimum Gasteiger partial charge on any atom is -0.328 e. The zero-order chi connectivity index (χ0) is 18.1. The van der Waals surface area contributed by atoms with Crippen molar-refractivity contribution in [1.29, 1.82) is 0 Å². The monoisotopic (exact) mass is 349 g/mol. The van der Waals surface area contributed by atoms with Crippen LogP contribution in [0, 0.1) is 6.92 Å². The van der Waals surface area contributed by atoms with Crippen molar-refractivity contribution in [3.8, 4) is 11.1 Å². The summed E-state index contributed by atoms with van der Waals surface area (Å²) < 4.78 is 0. The molecule has 26 heavy (non-hydrogen) atoms. The maximum Gasteiger partial charge on any atom is 0.254 e. The van der Waals surface area contributed by atoms with Gasteiger partial charge in [-0.25, -0.2) is 0 Å². The Labute approximate surface area is 155 Å². The van der Waals surface area contributed by atoms with Crippen LogP contribution in [0.3, 0.4) is 0 Å². The SMILES string of the molecule is CCCC[C@H]1C=CCN1C(=O)c1cccc(-c2c(C3CC3)n[nH]c2C)c1. The summed E-state index contributed by atoms with van der Waals surface area (Å²) in [6.45, 7) is 4.97. The van der Waals surface area contributed by atoms with Crippen LogP contribution in [0.4, 0.5) is 0 Å². The van der Waals surface area contributed by atoms with E-state index in [0.717, 1.165) is 48.3 Å². The molecule has 1 aromatic heterocycles. The molecule has 2 aliphatic rings. The van der Waals surface area contributed by atoms with Crippen LogP contribution in [0.2, 0.25) is 0 Å². The Balaban J connectivity index is 1.60. The first kappa shape index (κ1) is 17.1. The first-order valence-electron chi connectivity index (χ1n) is 9.82. The predicted octanol–water partition coefficient (Wildman–Crippen LogP) is 4.83. The van der Waals surface area contributed by atoms with Crippen molar-refractivity contribution in [1.82, 2.24) is 15.1 Å². The number of amides is 1. The molecule has 4 nitrogen and oxygen atoms in total. The van der Waals surface area contributed by atoms with E-state index >= 15 is 0 Å². The third-order valence-corrected chi connectivity index (χ3v) is 5.51. The van der Waals surface area contributed by atoms with Crippen molar-refractivity contribution in [3.05, 3.63) is 53.4 Å². The summed E-state index contributed by atoms with van der Waals surface area (Å²) in [6, 6.07) is 8.31. The van der Waals surface area contributed by atoms with Crippen LogP contribution in [-0.2, 0) is 0 Å². The number of benzene rings is 1. The van der Waals surface area contributed by atoms with Gasteiger partial charge in [0.15, 0.2) is 0 Å². The Bertz CT molecular complexity index is 832. The lowest BCUT2D eigenvalue weighted by Gasteiger charge is -2.25. The summed E-state index contributed by atoms with van der Waals surface area (Å²) in [7, 11) is 0. The fraction of sp³-hybridized carbons (Fsp3) is 0.455. The third-order valence-electron chi connectivity index (χ3n) is 5.51. The van der Waals surface area contributed by atoms with Crippen molar-refractivity contribution in [2.24, 2.45) is 0 Å². The zero-order valence-corrected chi connectivity index (χ0v) is 15.7. The average Bonchev–Trinajstić information content (AvgIpc) is 3.27. The number of aromatic nitrogens is 2. The fourth-order valence-corrected chi connectivity index (χ4v) is 3.91. The van der Waals surface area contributed by atoms with Crippen molar-refractivity contribution >= 4 is 5.91 Å². The highest BCUT2D eigenvalue weighted by atomic mass is 16.2. The summed E-state index contributed by atoms with van der Waals surface area (Å²) in [5, 5.41) is 7.66. The molecule has 1 fully saturated rings. The maximum absolute atomic E-state index is 13.1. The first-order valence-corrected chi connectivity index (χ1v) is 9.82. The average molecular weight is 349 g/mol. The van der Waals surface area contributed by atoms with Gasteiger partial charge >= 0.3 is 0 Å². The molecule has 0 radical (unpaired) electrons. The predicted molar refractivity (Wildman–Crippen MR) is 104 cm³/mol. The number of aromatic amines is 1. The van der Waals surface area contributed by atoms with E-state index in [0.29, 0.717) is 5.92 Å². The number of unbranched alkanes of at least 4 members (excludes halogenated alkanes) is 1. The number of carbonyl (C=O) groups excluding carboxylic acids is 1. The lowest BCUT2D eigenvalue weighted by atomic mass is 9.98. The fourth-order valence-electron chi connectivity index (χ4n) is 3.91. The molecule has 4 rings (SSSR count). The van der Waals surface area contributed by atoms with Crippen LogP contribution >= 0.6 is 0 Å². The largest absolute Gasteiger partial charge is 0.328 e. The number of carbonyl (C=O) groups is 1. The standard InChI is InChI=1S/C22H27N3O/c1-3-4-9-19-10-6-13-25(19)22(26)18-8-5-7-17(14-18)20-15(2)23-24-21(20)16-11-12-16/h5-8,10,14,16,19H,3-4,9,11-13H2,1-2H3,(H,23,24)/t19-/m0/s1. The number of rotatable bonds is 6. The molecule has 136 valence electrons. The van der Waals surface area contributed by atoms with Crippen molar-refractivity contribution in [2.45, 2.75) is 57.9 Å². The Hall–Kier alpha value is -2.36. The number of nitrogens with zero attached hydrogens (tertiary/aromatic N) is 2. The van der Waals surface area contributed by atoms with Gasteiger partial charge in [-0.1, -0.05) is 44.1 Å². The third kappa shape index (κ3) is 3.20. The van der Waals surface area contributed by atoms with Gasteiger partial charge in [-0.3, -0.25) is 9.89 Å². The molecular weight excluding hydrogens is 322 g/mol. The Morgan fingerprint density at radius 1 is 1.35 bits per heavy atom. The smallest absolute Gasteiger partial charge is 0.254 e. The zero-order valence-electron chi connectivity index (χ0n) is 15.7. The summed E-state index contributed by atoms with van der Waals surface area (Å²) in [5.41, 5.74) is 5.30. The van der Waals surface area contributed by atoms with Gasteiger partial charge in [-0.05, 0) is 43.9 Å². The summed E-state index contributed by atoms with van der Waals surface area (Å²) in [5.74, 6) is 0.711. The number of hydrogen-bond donors (Lipinski definition) is 1. The van der Waals surface area contributed by atoms with Crippen molar-refractivity contribution in [2.75, 3.05) is 6.54 Å². The molecule has 2 aromatic rings. The molecule has 1 saturated carbocycles. The highest BCUT2D eigenvalue weighted by Gasteiger charge is 2.30. The molecule has 1 N–H and O–H groups in total. The molecule has 1 atom stereocenters. The second-order valence-corrected chi connectivity index (χ2v) is 7.56. The quantitative estimate of drug-likeness (QED) is 0.759. The molecule has 1 aromatic carbocycles. The van der Waals surface area contributed by atoms with Crippen molar-refractivity contribution < 1.29 is 4.79 Å². The van der Waals surface area contributed by atoms with E-state index in [2.05, 4.69) is 42.3 Å². The number of nitrogens with one attached hydrogen (secondary N) is 1. The lowest BCUT2D eigenvalue weighted by molar-refractivity contribution is 0.0743. The molecule has 0 spiro atoms. The maximum atomic E-state index is 13.1. The van der Waals surface area contributed by atoms with Gasteiger partial charge in [-0.15, -0.1) is 0 Å². The minimum absolute atomic E-state index is 0.132. The van der Waals surface area contributed by atoms with E-state index in [9.17, 15) is 4.79 Å². The van der Waals surface area contributed by atoms with E-state index in [-0.39, 0.29) is 11.9 Å². The molecule has 1 aliphatic heterocycles. The second-order valence-electron chi connectivity index (χ2n) is 7.56. The van der Waals surface area contributed by atoms with E-state index in [1.54, 1.807) is 0 Å². The summed E-state index contributed by atoms with van der Waals surface area (Å²) >= 11 is 0. The van der Waals surface area contributed by atoms with E-state index < -0.39 is 0 Å². The molecular formula is C22H27N3O.